The Morgan fingerprint density at radius 1 is 1.34 bits per heavy atom. The van der Waals surface area contributed by atoms with Crippen molar-refractivity contribution in [3.8, 4) is 22.9 Å². The molecule has 3 aromatic rings. The van der Waals surface area contributed by atoms with Crippen molar-refractivity contribution in [2.45, 2.75) is 39.7 Å². The molecule has 2 aromatic heterocycles. The van der Waals surface area contributed by atoms with Crippen LogP contribution in [0.1, 0.15) is 48.2 Å². The summed E-state index contributed by atoms with van der Waals surface area (Å²) >= 11 is 0. The molecule has 0 amide bonds. The van der Waals surface area contributed by atoms with Crippen LogP contribution in [0.5, 0.6) is 11.6 Å². The minimum Gasteiger partial charge on any atom is -0.482 e. The lowest BCUT2D eigenvalue weighted by atomic mass is 9.68. The lowest BCUT2D eigenvalue weighted by Crippen LogP contribution is -2.33. The van der Waals surface area contributed by atoms with Crippen LogP contribution in [-0.4, -0.2) is 34.8 Å². The van der Waals surface area contributed by atoms with Crippen molar-refractivity contribution in [3.05, 3.63) is 51.3 Å². The van der Waals surface area contributed by atoms with Crippen LogP contribution in [0.4, 0.5) is 8.78 Å². The van der Waals surface area contributed by atoms with Gasteiger partial charge in [-0.1, -0.05) is 26.8 Å². The number of carbonyl (C=O) groups is 1. The number of nitrogens with one attached hydrogen (secondary N) is 1. The van der Waals surface area contributed by atoms with E-state index in [-0.39, 0.29) is 23.1 Å². The van der Waals surface area contributed by atoms with Gasteiger partial charge in [-0.05, 0) is 35.4 Å². The maximum atomic E-state index is 13.4. The van der Waals surface area contributed by atoms with Gasteiger partial charge >= 0.3 is 12.6 Å². The lowest BCUT2D eigenvalue weighted by Gasteiger charge is -2.37. The fourth-order valence-corrected chi connectivity index (χ4v) is 4.44. The number of benzene rings is 1. The standard InChI is InChI=1S/C23H22F2N2O5/c1-23(2,3)13-8-11-10-6-5-7-26-17(10)14(32-22(24)25)9-12(11)18-15(13)19(28)16(21(29)30)20(27-18)31-4/h5-7,9,13,22H,8H2,1-4H3,(H,27,28)(H,29,30). The zero-order chi connectivity index (χ0) is 23.4. The topological polar surface area (TPSA) is 102 Å². The van der Waals surface area contributed by atoms with Crippen molar-refractivity contribution in [1.29, 1.82) is 0 Å². The van der Waals surface area contributed by atoms with Crippen molar-refractivity contribution >= 4 is 16.9 Å². The predicted octanol–water partition coefficient (Wildman–Crippen LogP) is 4.58. The van der Waals surface area contributed by atoms with Crippen LogP contribution in [0.15, 0.2) is 29.2 Å². The van der Waals surface area contributed by atoms with Crippen molar-refractivity contribution in [3.63, 3.8) is 0 Å². The first kappa shape index (κ1) is 21.7. The van der Waals surface area contributed by atoms with Crippen LogP contribution in [-0.2, 0) is 6.42 Å². The smallest absolute Gasteiger partial charge is 0.387 e. The molecule has 0 fully saturated rings. The van der Waals surface area contributed by atoms with Crippen molar-refractivity contribution in [1.82, 2.24) is 9.97 Å². The Morgan fingerprint density at radius 2 is 2.06 bits per heavy atom. The fourth-order valence-electron chi connectivity index (χ4n) is 4.44. The summed E-state index contributed by atoms with van der Waals surface area (Å²) in [6, 6.07) is 4.89. The zero-order valence-corrected chi connectivity index (χ0v) is 18.0. The number of aromatic amines is 1. The third kappa shape index (κ3) is 3.37. The molecule has 32 heavy (non-hydrogen) atoms. The van der Waals surface area contributed by atoms with Crippen LogP contribution in [0, 0.1) is 5.41 Å². The second-order valence-electron chi connectivity index (χ2n) is 8.76. The highest BCUT2D eigenvalue weighted by Gasteiger charge is 2.39. The molecule has 0 radical (unpaired) electrons. The second kappa shape index (κ2) is 7.58. The van der Waals surface area contributed by atoms with E-state index in [0.29, 0.717) is 28.6 Å². The Labute approximate surface area is 182 Å². The summed E-state index contributed by atoms with van der Waals surface area (Å²) < 4.78 is 36.2. The fraction of sp³-hybridized carbons (Fsp3) is 0.348. The monoisotopic (exact) mass is 444 g/mol. The first-order valence-electron chi connectivity index (χ1n) is 9.97. The predicted molar refractivity (Wildman–Crippen MR) is 114 cm³/mol. The van der Waals surface area contributed by atoms with E-state index < -0.39 is 29.0 Å². The number of ether oxygens (including phenoxy) is 2. The van der Waals surface area contributed by atoms with Gasteiger partial charge in [-0.3, -0.25) is 9.78 Å². The SMILES string of the molecule is COc1[nH]c2c(c(=O)c1C(=O)O)C(C(C)(C)C)Cc1c-2cc(OC(F)F)c2ncccc12. The van der Waals surface area contributed by atoms with Gasteiger partial charge in [-0.15, -0.1) is 0 Å². The molecule has 168 valence electrons. The number of carboxylic acid groups (broad SMARTS) is 1. The number of hydrogen-bond acceptors (Lipinski definition) is 5. The quantitative estimate of drug-likeness (QED) is 0.611. The Morgan fingerprint density at radius 3 is 2.66 bits per heavy atom. The van der Waals surface area contributed by atoms with Gasteiger partial charge in [0, 0.05) is 22.7 Å². The van der Waals surface area contributed by atoms with Gasteiger partial charge in [0.15, 0.2) is 11.3 Å². The van der Waals surface area contributed by atoms with Crippen molar-refractivity contribution in [2.24, 2.45) is 5.41 Å². The van der Waals surface area contributed by atoms with E-state index in [2.05, 4.69) is 9.97 Å². The van der Waals surface area contributed by atoms with E-state index >= 15 is 0 Å². The summed E-state index contributed by atoms with van der Waals surface area (Å²) in [6.07, 6.45) is 1.90. The molecule has 1 aliphatic carbocycles. The molecule has 1 unspecified atom stereocenters. The van der Waals surface area contributed by atoms with Crippen LogP contribution < -0.4 is 14.9 Å². The molecule has 9 heteroatoms. The minimum atomic E-state index is -3.06. The summed E-state index contributed by atoms with van der Waals surface area (Å²) in [5.41, 5.74) is 0.645. The summed E-state index contributed by atoms with van der Waals surface area (Å²) in [4.78, 5) is 32.4. The third-order valence-corrected chi connectivity index (χ3v) is 5.88. The number of alkyl halides is 2. The summed E-state index contributed by atoms with van der Waals surface area (Å²) in [5, 5.41) is 10.3. The largest absolute Gasteiger partial charge is 0.482 e. The van der Waals surface area contributed by atoms with Gasteiger partial charge in [-0.2, -0.15) is 8.78 Å². The van der Waals surface area contributed by atoms with Crippen molar-refractivity contribution in [2.75, 3.05) is 7.11 Å². The number of H-pyrrole nitrogens is 1. The zero-order valence-electron chi connectivity index (χ0n) is 18.0. The highest BCUT2D eigenvalue weighted by molar-refractivity contribution is 5.96. The number of hydrogen-bond donors (Lipinski definition) is 2. The third-order valence-electron chi connectivity index (χ3n) is 5.88. The molecule has 4 rings (SSSR count). The second-order valence-corrected chi connectivity index (χ2v) is 8.76. The van der Waals surface area contributed by atoms with E-state index in [9.17, 15) is 23.5 Å². The molecule has 0 spiro atoms. The van der Waals surface area contributed by atoms with E-state index in [4.69, 9.17) is 9.47 Å². The van der Waals surface area contributed by atoms with Gasteiger partial charge in [0.25, 0.3) is 0 Å². The number of methoxy groups -OCH3 is 1. The number of nitrogens with zero attached hydrogens (tertiary/aromatic N) is 1. The molecule has 1 atom stereocenters. The molecule has 0 saturated carbocycles. The lowest BCUT2D eigenvalue weighted by molar-refractivity contribution is -0.0489. The Kier molecular flexibility index (Phi) is 5.15. The van der Waals surface area contributed by atoms with Crippen molar-refractivity contribution < 1.29 is 28.2 Å². The van der Waals surface area contributed by atoms with Crippen LogP contribution in [0.25, 0.3) is 22.2 Å². The summed E-state index contributed by atoms with van der Waals surface area (Å²) in [5.74, 6) is -2.09. The van der Waals surface area contributed by atoms with Gasteiger partial charge in [0.05, 0.1) is 12.8 Å². The average molecular weight is 444 g/mol. The summed E-state index contributed by atoms with van der Waals surface area (Å²) in [7, 11) is 1.25. The molecular weight excluding hydrogens is 422 g/mol. The van der Waals surface area contributed by atoms with Gasteiger partial charge in [0.1, 0.15) is 5.52 Å². The van der Waals surface area contributed by atoms with Crippen LogP contribution in [0.2, 0.25) is 0 Å². The van der Waals surface area contributed by atoms with E-state index in [1.54, 1.807) is 12.1 Å². The van der Waals surface area contributed by atoms with Crippen LogP contribution in [0.3, 0.4) is 0 Å². The maximum absolute atomic E-state index is 13.4. The number of fused-ring (bicyclic) bond motifs is 5. The van der Waals surface area contributed by atoms with Gasteiger partial charge in [-0.25, -0.2) is 4.79 Å². The number of carboxylic acids is 1. The number of aromatic carboxylic acids is 1. The maximum Gasteiger partial charge on any atom is 0.387 e. The first-order valence-corrected chi connectivity index (χ1v) is 9.97. The molecular formula is C23H22F2N2O5. The highest BCUT2D eigenvalue weighted by atomic mass is 19.3. The van der Waals surface area contributed by atoms with Gasteiger partial charge in [0.2, 0.25) is 11.3 Å². The number of aromatic nitrogens is 2. The molecule has 2 N–H and O–H groups in total. The first-order chi connectivity index (χ1) is 15.0. The molecule has 1 aromatic carbocycles. The minimum absolute atomic E-state index is 0.128. The van der Waals surface area contributed by atoms with E-state index in [0.717, 1.165) is 5.56 Å². The Bertz CT molecular complexity index is 1290. The molecule has 1 aliphatic rings. The molecule has 0 aliphatic heterocycles. The number of rotatable bonds is 4. The van der Waals surface area contributed by atoms with Gasteiger partial charge < -0.3 is 19.6 Å². The molecule has 2 heterocycles. The Balaban J connectivity index is 2.15. The average Bonchev–Trinajstić information content (AvgIpc) is 2.71. The van der Waals surface area contributed by atoms with E-state index in [1.807, 2.05) is 20.8 Å². The van der Waals surface area contributed by atoms with E-state index in [1.165, 1.54) is 19.4 Å². The molecule has 0 saturated heterocycles. The molecule has 7 nitrogen and oxygen atoms in total. The Hall–Kier alpha value is -3.49. The summed E-state index contributed by atoms with van der Waals surface area (Å²) in [6.45, 7) is 2.83. The molecule has 0 bridgehead atoms. The van der Waals surface area contributed by atoms with Crippen LogP contribution >= 0.6 is 0 Å². The highest BCUT2D eigenvalue weighted by Crippen LogP contribution is 2.49. The number of halogens is 2. The normalized spacial score (nSPS) is 15.4. The number of pyridine rings is 2.